The molecular weight excluding hydrogens is 254 g/mol. The number of hydrogen-bond donors (Lipinski definition) is 1. The number of carboxylic acids is 1. The van der Waals surface area contributed by atoms with E-state index in [-0.39, 0.29) is 17.2 Å². The summed E-state index contributed by atoms with van der Waals surface area (Å²) in [6.45, 7) is 3.81. The lowest BCUT2D eigenvalue weighted by atomic mass is 10.1. The molecule has 1 unspecified atom stereocenters. The van der Waals surface area contributed by atoms with Gasteiger partial charge in [0, 0.05) is 11.1 Å². The summed E-state index contributed by atoms with van der Waals surface area (Å²) in [5, 5.41) is 18.4. The lowest BCUT2D eigenvalue weighted by Crippen LogP contribution is -2.28. The van der Waals surface area contributed by atoms with E-state index >= 15 is 0 Å². The Morgan fingerprint density at radius 3 is 2.72 bits per heavy atom. The summed E-state index contributed by atoms with van der Waals surface area (Å²) < 4.78 is 5.38. The second-order valence-corrected chi connectivity index (χ2v) is 4.76. The van der Waals surface area contributed by atoms with Crippen molar-refractivity contribution in [3.63, 3.8) is 0 Å². The van der Waals surface area contributed by atoms with Gasteiger partial charge < -0.3 is 9.84 Å². The molecule has 0 spiro atoms. The maximum atomic E-state index is 11.1. The highest BCUT2D eigenvalue weighted by molar-refractivity contribution is 6.30. The summed E-state index contributed by atoms with van der Waals surface area (Å²) in [5.74, 6) is -0.665. The Balaban J connectivity index is 2.96. The van der Waals surface area contributed by atoms with Gasteiger partial charge in [0.2, 0.25) is 0 Å². The fourth-order valence-electron chi connectivity index (χ4n) is 1.47. The Morgan fingerprint density at radius 2 is 2.22 bits per heavy atom. The predicted molar refractivity (Wildman–Crippen MR) is 67.7 cm³/mol. The molecule has 4 nitrogen and oxygen atoms in total. The standard InChI is InChI=1S/C13H14ClNO3/c1-8(2)5-12(13(16)17)18-11-6-10(14)4-3-9(11)7-15/h3-4,6,8,12H,5H2,1-2H3,(H,16,17). The minimum absolute atomic E-state index is 0.177. The third-order valence-corrected chi connectivity index (χ3v) is 2.53. The monoisotopic (exact) mass is 267 g/mol. The van der Waals surface area contributed by atoms with Crippen LogP contribution in [0.2, 0.25) is 5.02 Å². The number of ether oxygens (including phenoxy) is 1. The molecule has 1 aromatic rings. The van der Waals surface area contributed by atoms with Gasteiger partial charge in [0.25, 0.3) is 0 Å². The summed E-state index contributed by atoms with van der Waals surface area (Å²) in [7, 11) is 0. The van der Waals surface area contributed by atoms with Gasteiger partial charge in [0.1, 0.15) is 11.8 Å². The molecule has 0 heterocycles. The molecule has 0 saturated carbocycles. The first kappa shape index (κ1) is 14.3. The topological polar surface area (TPSA) is 70.3 Å². The Morgan fingerprint density at radius 1 is 1.56 bits per heavy atom. The van der Waals surface area contributed by atoms with Crippen LogP contribution < -0.4 is 4.74 Å². The first-order chi connectivity index (χ1) is 8.43. The molecule has 1 atom stereocenters. The molecule has 0 amide bonds. The Hall–Kier alpha value is -1.73. The minimum atomic E-state index is -1.05. The number of rotatable bonds is 5. The van der Waals surface area contributed by atoms with Gasteiger partial charge in [0.15, 0.2) is 6.10 Å². The van der Waals surface area contributed by atoms with Crippen LogP contribution in [0.3, 0.4) is 0 Å². The zero-order valence-corrected chi connectivity index (χ0v) is 10.9. The smallest absolute Gasteiger partial charge is 0.344 e. The number of nitrogens with zero attached hydrogens (tertiary/aromatic N) is 1. The van der Waals surface area contributed by atoms with E-state index in [0.717, 1.165) is 0 Å². The normalized spacial score (nSPS) is 11.9. The molecule has 5 heteroatoms. The first-order valence-electron chi connectivity index (χ1n) is 5.53. The van der Waals surface area contributed by atoms with Crippen molar-refractivity contribution in [1.82, 2.24) is 0 Å². The highest BCUT2D eigenvalue weighted by Crippen LogP contribution is 2.25. The molecule has 0 bridgehead atoms. The minimum Gasteiger partial charge on any atom is -0.479 e. The summed E-state index contributed by atoms with van der Waals surface area (Å²) in [4.78, 5) is 11.1. The quantitative estimate of drug-likeness (QED) is 0.890. The summed E-state index contributed by atoms with van der Waals surface area (Å²) in [6.07, 6.45) is -0.609. The SMILES string of the molecule is CC(C)CC(Oc1cc(Cl)ccc1C#N)C(=O)O. The van der Waals surface area contributed by atoms with Gasteiger partial charge in [-0.1, -0.05) is 25.4 Å². The first-order valence-corrected chi connectivity index (χ1v) is 5.91. The van der Waals surface area contributed by atoms with Gasteiger partial charge in [0.05, 0.1) is 5.56 Å². The number of nitriles is 1. The maximum absolute atomic E-state index is 11.1. The van der Waals surface area contributed by atoms with E-state index in [1.807, 2.05) is 19.9 Å². The molecule has 0 fully saturated rings. The third-order valence-electron chi connectivity index (χ3n) is 2.29. The molecular formula is C13H14ClNO3. The van der Waals surface area contributed by atoms with Crippen LogP contribution in [0.5, 0.6) is 5.75 Å². The Bertz CT molecular complexity index is 480. The van der Waals surface area contributed by atoms with Gasteiger partial charge in [-0.25, -0.2) is 4.79 Å². The second-order valence-electron chi connectivity index (χ2n) is 4.33. The van der Waals surface area contributed by atoms with E-state index in [4.69, 9.17) is 26.7 Å². The zero-order valence-electron chi connectivity index (χ0n) is 10.2. The van der Waals surface area contributed by atoms with Crippen LogP contribution in [0.15, 0.2) is 18.2 Å². The summed E-state index contributed by atoms with van der Waals surface area (Å²) in [5.41, 5.74) is 0.273. The molecule has 1 rings (SSSR count). The number of aliphatic carboxylic acids is 1. The van der Waals surface area contributed by atoms with Gasteiger partial charge in [-0.3, -0.25) is 0 Å². The van der Waals surface area contributed by atoms with E-state index in [9.17, 15) is 4.79 Å². The van der Waals surface area contributed by atoms with Gasteiger partial charge in [-0.15, -0.1) is 0 Å². The van der Waals surface area contributed by atoms with Gasteiger partial charge >= 0.3 is 5.97 Å². The molecule has 0 aromatic heterocycles. The molecule has 0 saturated heterocycles. The molecule has 0 aliphatic heterocycles. The van der Waals surface area contributed by atoms with E-state index in [0.29, 0.717) is 11.4 Å². The van der Waals surface area contributed by atoms with Gasteiger partial charge in [-0.05, 0) is 24.5 Å². The van der Waals surface area contributed by atoms with Crippen LogP contribution >= 0.6 is 11.6 Å². The van der Waals surface area contributed by atoms with Crippen molar-refractivity contribution >= 4 is 17.6 Å². The average molecular weight is 268 g/mol. The maximum Gasteiger partial charge on any atom is 0.344 e. The van der Waals surface area contributed by atoms with Crippen molar-refractivity contribution in [3.05, 3.63) is 28.8 Å². The molecule has 1 N–H and O–H groups in total. The van der Waals surface area contributed by atoms with Gasteiger partial charge in [-0.2, -0.15) is 5.26 Å². The molecule has 0 aliphatic rings. The highest BCUT2D eigenvalue weighted by Gasteiger charge is 2.22. The van der Waals surface area contributed by atoms with Crippen LogP contribution in [-0.2, 0) is 4.79 Å². The fraction of sp³-hybridized carbons (Fsp3) is 0.385. The summed E-state index contributed by atoms with van der Waals surface area (Å²) in [6, 6.07) is 6.47. The molecule has 1 aromatic carbocycles. The summed E-state index contributed by atoms with van der Waals surface area (Å²) >= 11 is 5.81. The molecule has 96 valence electrons. The Labute approximate surface area is 111 Å². The lowest BCUT2D eigenvalue weighted by Gasteiger charge is -2.17. The largest absolute Gasteiger partial charge is 0.479 e. The highest BCUT2D eigenvalue weighted by atomic mass is 35.5. The predicted octanol–water partition coefficient (Wildman–Crippen LogP) is 3.09. The van der Waals surface area contributed by atoms with Crippen molar-refractivity contribution in [2.45, 2.75) is 26.4 Å². The van der Waals surface area contributed by atoms with Crippen LogP contribution in [0.25, 0.3) is 0 Å². The number of carboxylic acid groups (broad SMARTS) is 1. The van der Waals surface area contributed by atoms with E-state index < -0.39 is 12.1 Å². The van der Waals surface area contributed by atoms with E-state index in [1.165, 1.54) is 12.1 Å². The molecule has 0 radical (unpaired) electrons. The van der Waals surface area contributed by atoms with E-state index in [1.54, 1.807) is 6.07 Å². The van der Waals surface area contributed by atoms with E-state index in [2.05, 4.69) is 0 Å². The van der Waals surface area contributed by atoms with Crippen molar-refractivity contribution in [2.75, 3.05) is 0 Å². The number of benzene rings is 1. The number of hydrogen-bond acceptors (Lipinski definition) is 3. The molecule has 0 aliphatic carbocycles. The van der Waals surface area contributed by atoms with Crippen LogP contribution in [0.1, 0.15) is 25.8 Å². The number of halogens is 1. The van der Waals surface area contributed by atoms with Crippen molar-refractivity contribution in [1.29, 1.82) is 5.26 Å². The second kappa shape index (κ2) is 6.27. The number of carbonyl (C=O) groups is 1. The van der Waals surface area contributed by atoms with Crippen LogP contribution in [0.4, 0.5) is 0 Å². The van der Waals surface area contributed by atoms with Crippen molar-refractivity contribution in [3.8, 4) is 11.8 Å². The van der Waals surface area contributed by atoms with Crippen molar-refractivity contribution in [2.24, 2.45) is 5.92 Å². The average Bonchev–Trinajstić information content (AvgIpc) is 2.27. The van der Waals surface area contributed by atoms with Crippen molar-refractivity contribution < 1.29 is 14.6 Å². The lowest BCUT2D eigenvalue weighted by molar-refractivity contribution is -0.145. The fourth-order valence-corrected chi connectivity index (χ4v) is 1.63. The Kier molecular flexibility index (Phi) is 4.99. The zero-order chi connectivity index (χ0) is 13.7. The van der Waals surface area contributed by atoms with Crippen LogP contribution in [-0.4, -0.2) is 17.2 Å². The molecule has 18 heavy (non-hydrogen) atoms. The third kappa shape index (κ3) is 3.94. The van der Waals surface area contributed by atoms with Crippen LogP contribution in [0, 0.1) is 17.2 Å².